The van der Waals surface area contributed by atoms with E-state index in [1.54, 1.807) is 14.2 Å². The summed E-state index contributed by atoms with van der Waals surface area (Å²) in [7, 11) is 5.39. The van der Waals surface area contributed by atoms with Gasteiger partial charge >= 0.3 is 0 Å². The van der Waals surface area contributed by atoms with Crippen LogP contribution in [-0.4, -0.2) is 64.3 Å². The molecule has 2 N–H and O–H groups in total. The minimum absolute atomic E-state index is 0.185. The molecule has 1 heterocycles. The molecule has 5 heteroatoms. The Morgan fingerprint density at radius 1 is 1.41 bits per heavy atom. The lowest BCUT2D eigenvalue weighted by Gasteiger charge is -2.30. The quantitative estimate of drug-likeness (QED) is 0.630. The van der Waals surface area contributed by atoms with E-state index >= 15 is 0 Å². The van der Waals surface area contributed by atoms with Crippen LogP contribution in [0.2, 0.25) is 0 Å². The monoisotopic (exact) mass is 246 g/mol. The molecule has 0 spiro atoms. The van der Waals surface area contributed by atoms with E-state index in [-0.39, 0.29) is 12.3 Å². The summed E-state index contributed by atoms with van der Waals surface area (Å²) in [5, 5.41) is 0. The van der Waals surface area contributed by atoms with Crippen LogP contribution < -0.4 is 5.73 Å². The van der Waals surface area contributed by atoms with Crippen molar-refractivity contribution >= 4 is 0 Å². The smallest absolute Gasteiger partial charge is 0.158 e. The minimum atomic E-state index is -0.185. The van der Waals surface area contributed by atoms with Crippen LogP contribution in [0.15, 0.2) is 0 Å². The molecule has 1 rings (SSSR count). The summed E-state index contributed by atoms with van der Waals surface area (Å²) < 4.78 is 16.1. The molecule has 2 unspecified atom stereocenters. The number of methoxy groups -OCH3 is 2. The summed E-state index contributed by atoms with van der Waals surface area (Å²) in [6.45, 7) is 2.43. The third-order valence-corrected chi connectivity index (χ3v) is 3.40. The maximum atomic E-state index is 5.81. The standard InChI is InChI=1S/C12H26N2O3/c1-14(9-11-5-4-6-17-11)10(8-13)7-12(15-2)16-3/h10-12H,4-9,13H2,1-3H3. The van der Waals surface area contributed by atoms with E-state index in [2.05, 4.69) is 11.9 Å². The Hall–Kier alpha value is -0.200. The van der Waals surface area contributed by atoms with Gasteiger partial charge in [0.2, 0.25) is 0 Å². The maximum absolute atomic E-state index is 5.81. The molecule has 1 aliphatic heterocycles. The molecule has 0 aromatic heterocycles. The Labute approximate surface area is 104 Å². The fraction of sp³-hybridized carbons (Fsp3) is 1.00. The third-order valence-electron chi connectivity index (χ3n) is 3.40. The van der Waals surface area contributed by atoms with Gasteiger partial charge in [0.1, 0.15) is 0 Å². The number of nitrogens with two attached hydrogens (primary N) is 1. The molecule has 0 saturated carbocycles. The van der Waals surface area contributed by atoms with Crippen LogP contribution in [0.25, 0.3) is 0 Å². The van der Waals surface area contributed by atoms with E-state index in [0.717, 1.165) is 26.0 Å². The van der Waals surface area contributed by atoms with Crippen LogP contribution in [0, 0.1) is 0 Å². The van der Waals surface area contributed by atoms with Crippen molar-refractivity contribution in [3.05, 3.63) is 0 Å². The number of hydrogen-bond acceptors (Lipinski definition) is 5. The van der Waals surface area contributed by atoms with Gasteiger partial charge in [-0.2, -0.15) is 0 Å². The fourth-order valence-electron chi connectivity index (χ4n) is 2.23. The molecule has 17 heavy (non-hydrogen) atoms. The predicted molar refractivity (Wildman–Crippen MR) is 66.9 cm³/mol. The topological polar surface area (TPSA) is 57.0 Å². The lowest BCUT2D eigenvalue weighted by atomic mass is 10.1. The van der Waals surface area contributed by atoms with Crippen molar-refractivity contribution in [2.75, 3.05) is 41.0 Å². The lowest BCUT2D eigenvalue weighted by molar-refractivity contribution is -0.116. The van der Waals surface area contributed by atoms with Gasteiger partial charge in [-0.05, 0) is 19.9 Å². The van der Waals surface area contributed by atoms with Gasteiger partial charge < -0.3 is 19.9 Å². The highest BCUT2D eigenvalue weighted by atomic mass is 16.7. The first-order valence-electron chi connectivity index (χ1n) is 6.28. The number of ether oxygens (including phenoxy) is 3. The molecule has 0 amide bonds. The first-order chi connectivity index (χ1) is 8.21. The van der Waals surface area contributed by atoms with Crippen molar-refractivity contribution in [1.82, 2.24) is 4.90 Å². The predicted octanol–water partition coefficient (Wildman–Crippen LogP) is 0.434. The van der Waals surface area contributed by atoms with Gasteiger partial charge in [-0.15, -0.1) is 0 Å². The second-order valence-electron chi connectivity index (χ2n) is 4.60. The average molecular weight is 246 g/mol. The summed E-state index contributed by atoms with van der Waals surface area (Å²) >= 11 is 0. The van der Waals surface area contributed by atoms with Crippen molar-refractivity contribution < 1.29 is 14.2 Å². The van der Waals surface area contributed by atoms with Crippen LogP contribution in [0.4, 0.5) is 0 Å². The third kappa shape index (κ3) is 4.89. The number of likely N-dealkylation sites (N-methyl/N-ethyl adjacent to an activating group) is 1. The van der Waals surface area contributed by atoms with Gasteiger partial charge in [-0.3, -0.25) is 4.90 Å². The second-order valence-corrected chi connectivity index (χ2v) is 4.60. The first kappa shape index (κ1) is 14.9. The zero-order chi connectivity index (χ0) is 12.7. The Balaban J connectivity index is 2.36. The fourth-order valence-corrected chi connectivity index (χ4v) is 2.23. The van der Waals surface area contributed by atoms with E-state index in [0.29, 0.717) is 12.6 Å². The number of nitrogens with zero attached hydrogens (tertiary/aromatic N) is 1. The molecule has 0 aliphatic carbocycles. The van der Waals surface area contributed by atoms with Crippen LogP contribution in [0.3, 0.4) is 0 Å². The van der Waals surface area contributed by atoms with Crippen LogP contribution in [0.5, 0.6) is 0 Å². The van der Waals surface area contributed by atoms with E-state index < -0.39 is 0 Å². The summed E-state index contributed by atoms with van der Waals surface area (Å²) in [4.78, 5) is 2.25. The highest BCUT2D eigenvalue weighted by Crippen LogP contribution is 2.15. The van der Waals surface area contributed by atoms with Crippen LogP contribution >= 0.6 is 0 Å². The van der Waals surface area contributed by atoms with Crippen molar-refractivity contribution in [1.29, 1.82) is 0 Å². The Morgan fingerprint density at radius 3 is 2.59 bits per heavy atom. The highest BCUT2D eigenvalue weighted by molar-refractivity contribution is 4.76. The molecule has 2 atom stereocenters. The summed E-state index contributed by atoms with van der Waals surface area (Å²) in [5.41, 5.74) is 5.81. The van der Waals surface area contributed by atoms with E-state index in [1.807, 2.05) is 0 Å². The average Bonchev–Trinajstić information content (AvgIpc) is 2.83. The summed E-state index contributed by atoms with van der Waals surface area (Å²) in [5.74, 6) is 0. The van der Waals surface area contributed by atoms with Crippen molar-refractivity contribution in [3.8, 4) is 0 Å². The molecule has 0 radical (unpaired) electrons. The molecule has 5 nitrogen and oxygen atoms in total. The largest absolute Gasteiger partial charge is 0.377 e. The Kier molecular flexibility index (Phi) is 6.99. The van der Waals surface area contributed by atoms with Crippen molar-refractivity contribution in [2.45, 2.75) is 37.7 Å². The Bertz CT molecular complexity index is 194. The van der Waals surface area contributed by atoms with Crippen LogP contribution in [0.1, 0.15) is 19.3 Å². The molecule has 1 fully saturated rings. The second kappa shape index (κ2) is 8.00. The molecular formula is C12H26N2O3. The van der Waals surface area contributed by atoms with Gasteiger partial charge in [0.05, 0.1) is 6.10 Å². The van der Waals surface area contributed by atoms with Crippen LogP contribution in [-0.2, 0) is 14.2 Å². The first-order valence-corrected chi connectivity index (χ1v) is 6.28. The van der Waals surface area contributed by atoms with Crippen molar-refractivity contribution in [3.63, 3.8) is 0 Å². The van der Waals surface area contributed by atoms with Gasteiger partial charge in [-0.1, -0.05) is 0 Å². The number of rotatable bonds is 8. The summed E-state index contributed by atoms with van der Waals surface area (Å²) in [6, 6.07) is 0.268. The van der Waals surface area contributed by atoms with E-state index in [9.17, 15) is 0 Å². The maximum Gasteiger partial charge on any atom is 0.158 e. The minimum Gasteiger partial charge on any atom is -0.377 e. The van der Waals surface area contributed by atoms with Gasteiger partial charge in [0, 0.05) is 46.4 Å². The lowest BCUT2D eigenvalue weighted by Crippen LogP contribution is -2.44. The molecule has 0 aromatic carbocycles. The Morgan fingerprint density at radius 2 is 2.12 bits per heavy atom. The summed E-state index contributed by atoms with van der Waals surface area (Å²) in [6.07, 6.45) is 3.28. The molecule has 1 aliphatic rings. The van der Waals surface area contributed by atoms with E-state index in [1.165, 1.54) is 6.42 Å². The number of hydrogen-bond donors (Lipinski definition) is 1. The van der Waals surface area contributed by atoms with Gasteiger partial charge in [-0.25, -0.2) is 0 Å². The molecule has 0 aromatic rings. The van der Waals surface area contributed by atoms with Gasteiger partial charge in [0.15, 0.2) is 6.29 Å². The molecule has 1 saturated heterocycles. The normalized spacial score (nSPS) is 22.6. The molecule has 102 valence electrons. The molecular weight excluding hydrogens is 220 g/mol. The van der Waals surface area contributed by atoms with Gasteiger partial charge in [0.25, 0.3) is 0 Å². The van der Waals surface area contributed by atoms with E-state index in [4.69, 9.17) is 19.9 Å². The molecule has 0 bridgehead atoms. The van der Waals surface area contributed by atoms with Crippen molar-refractivity contribution in [2.24, 2.45) is 5.73 Å². The zero-order valence-electron chi connectivity index (χ0n) is 11.2. The highest BCUT2D eigenvalue weighted by Gasteiger charge is 2.23. The SMILES string of the molecule is COC(CC(CN)N(C)CC1CCCO1)OC. The zero-order valence-corrected chi connectivity index (χ0v) is 11.2.